The Bertz CT molecular complexity index is 702. The minimum Gasteiger partial charge on any atom is -0.380 e. The van der Waals surface area contributed by atoms with Crippen LogP contribution >= 0.6 is 11.6 Å². The van der Waals surface area contributed by atoms with E-state index in [1.54, 1.807) is 18.5 Å². The molecule has 0 saturated carbocycles. The molecule has 1 aromatic carbocycles. The number of anilines is 1. The van der Waals surface area contributed by atoms with Crippen molar-refractivity contribution >= 4 is 23.2 Å². The van der Waals surface area contributed by atoms with Gasteiger partial charge in [0.1, 0.15) is 0 Å². The van der Waals surface area contributed by atoms with Crippen molar-refractivity contribution in [3.05, 3.63) is 58.9 Å². The molecule has 3 rings (SSSR count). The van der Waals surface area contributed by atoms with E-state index in [-0.39, 0.29) is 12.0 Å². The fraction of sp³-hybridized carbons (Fsp3) is 0.333. The molecule has 0 radical (unpaired) electrons. The lowest BCUT2D eigenvalue weighted by Gasteiger charge is -2.12. The maximum absolute atomic E-state index is 12.2. The molecule has 1 atom stereocenters. The Morgan fingerprint density at radius 1 is 1.33 bits per heavy atom. The summed E-state index contributed by atoms with van der Waals surface area (Å²) < 4.78 is 5.51. The van der Waals surface area contributed by atoms with Crippen LogP contribution in [0.5, 0.6) is 0 Å². The Morgan fingerprint density at radius 2 is 2.21 bits per heavy atom. The van der Waals surface area contributed by atoms with E-state index < -0.39 is 0 Å². The number of nitrogens with one attached hydrogen (secondary N) is 2. The lowest BCUT2D eigenvalue weighted by molar-refractivity contribution is 0.0857. The Kier molecular flexibility index (Phi) is 5.67. The number of hydrogen-bond acceptors (Lipinski definition) is 4. The number of ether oxygens (including phenoxy) is 1. The highest BCUT2D eigenvalue weighted by Gasteiger charge is 2.16. The SMILES string of the molecule is O=C(NCC1CCCO1)c1cncc(NCc2ccccc2Cl)c1. The summed E-state index contributed by atoms with van der Waals surface area (Å²) in [4.78, 5) is 16.4. The van der Waals surface area contributed by atoms with Gasteiger partial charge >= 0.3 is 0 Å². The molecule has 0 bridgehead atoms. The lowest BCUT2D eigenvalue weighted by Crippen LogP contribution is -2.31. The second-order valence-corrected chi connectivity index (χ2v) is 6.16. The van der Waals surface area contributed by atoms with Crippen LogP contribution in [0, 0.1) is 0 Å². The second kappa shape index (κ2) is 8.13. The number of amides is 1. The summed E-state index contributed by atoms with van der Waals surface area (Å²) >= 11 is 6.14. The number of carbonyl (C=O) groups excluding carboxylic acids is 1. The molecule has 1 fully saturated rings. The molecule has 2 N–H and O–H groups in total. The molecule has 2 heterocycles. The molecule has 5 nitrogen and oxygen atoms in total. The van der Waals surface area contributed by atoms with Crippen LogP contribution in [-0.2, 0) is 11.3 Å². The molecule has 0 spiro atoms. The third-order valence-electron chi connectivity index (χ3n) is 3.96. The van der Waals surface area contributed by atoms with Crippen molar-refractivity contribution in [3.8, 4) is 0 Å². The van der Waals surface area contributed by atoms with Crippen LogP contribution in [0.2, 0.25) is 5.02 Å². The molecule has 24 heavy (non-hydrogen) atoms. The molecule has 1 aliphatic heterocycles. The number of carbonyl (C=O) groups is 1. The molecule has 1 aliphatic rings. The normalized spacial score (nSPS) is 16.8. The lowest BCUT2D eigenvalue weighted by atomic mass is 10.2. The first-order valence-corrected chi connectivity index (χ1v) is 8.42. The van der Waals surface area contributed by atoms with Gasteiger partial charge in [-0.15, -0.1) is 0 Å². The molecule has 1 unspecified atom stereocenters. The molecular formula is C18H20ClN3O2. The zero-order valence-corrected chi connectivity index (χ0v) is 14.1. The van der Waals surface area contributed by atoms with Crippen molar-refractivity contribution in [1.82, 2.24) is 10.3 Å². The maximum atomic E-state index is 12.2. The van der Waals surface area contributed by atoms with E-state index in [0.717, 1.165) is 30.7 Å². The minimum atomic E-state index is -0.139. The van der Waals surface area contributed by atoms with Gasteiger partial charge in [0.05, 0.1) is 17.4 Å². The third-order valence-corrected chi connectivity index (χ3v) is 4.32. The van der Waals surface area contributed by atoms with Crippen LogP contribution in [0.15, 0.2) is 42.7 Å². The van der Waals surface area contributed by atoms with Gasteiger partial charge in [-0.3, -0.25) is 9.78 Å². The first-order valence-electron chi connectivity index (χ1n) is 8.04. The third kappa shape index (κ3) is 4.46. The van der Waals surface area contributed by atoms with Gasteiger partial charge in [-0.2, -0.15) is 0 Å². The Balaban J connectivity index is 1.57. The van der Waals surface area contributed by atoms with Crippen LogP contribution < -0.4 is 10.6 Å². The number of halogens is 1. The maximum Gasteiger partial charge on any atom is 0.253 e. The number of pyridine rings is 1. The van der Waals surface area contributed by atoms with Crippen LogP contribution in [-0.4, -0.2) is 30.1 Å². The first kappa shape index (κ1) is 16.7. The summed E-state index contributed by atoms with van der Waals surface area (Å²) in [6, 6.07) is 9.43. The Labute approximate surface area is 146 Å². The van der Waals surface area contributed by atoms with Gasteiger partial charge in [0.15, 0.2) is 0 Å². The van der Waals surface area contributed by atoms with Crippen molar-refractivity contribution in [1.29, 1.82) is 0 Å². The monoisotopic (exact) mass is 345 g/mol. The van der Waals surface area contributed by atoms with E-state index in [2.05, 4.69) is 15.6 Å². The average molecular weight is 346 g/mol. The predicted molar refractivity (Wildman–Crippen MR) is 94.3 cm³/mol. The van der Waals surface area contributed by atoms with Crippen molar-refractivity contribution in [2.24, 2.45) is 0 Å². The summed E-state index contributed by atoms with van der Waals surface area (Å²) in [6.45, 7) is 1.89. The van der Waals surface area contributed by atoms with Crippen molar-refractivity contribution in [2.75, 3.05) is 18.5 Å². The number of hydrogen-bond donors (Lipinski definition) is 2. The topological polar surface area (TPSA) is 63.2 Å². The highest BCUT2D eigenvalue weighted by molar-refractivity contribution is 6.31. The molecule has 1 aromatic heterocycles. The van der Waals surface area contributed by atoms with Gasteiger partial charge in [0.2, 0.25) is 0 Å². The van der Waals surface area contributed by atoms with Gasteiger partial charge in [-0.25, -0.2) is 0 Å². The van der Waals surface area contributed by atoms with Crippen molar-refractivity contribution in [2.45, 2.75) is 25.5 Å². The highest BCUT2D eigenvalue weighted by atomic mass is 35.5. The summed E-state index contributed by atoms with van der Waals surface area (Å²) in [5, 5.41) is 6.85. The fourth-order valence-electron chi connectivity index (χ4n) is 2.61. The number of benzene rings is 1. The number of nitrogens with zero attached hydrogens (tertiary/aromatic N) is 1. The molecule has 1 amide bonds. The number of rotatable bonds is 6. The zero-order chi connectivity index (χ0) is 16.8. The smallest absolute Gasteiger partial charge is 0.253 e. The van der Waals surface area contributed by atoms with Crippen LogP contribution in [0.25, 0.3) is 0 Å². The van der Waals surface area contributed by atoms with Crippen LogP contribution in [0.4, 0.5) is 5.69 Å². The molecular weight excluding hydrogens is 326 g/mol. The van der Waals surface area contributed by atoms with Crippen molar-refractivity contribution in [3.63, 3.8) is 0 Å². The van der Waals surface area contributed by atoms with E-state index in [4.69, 9.17) is 16.3 Å². The molecule has 6 heteroatoms. The van der Waals surface area contributed by atoms with Gasteiger partial charge in [-0.1, -0.05) is 29.8 Å². The van der Waals surface area contributed by atoms with Crippen LogP contribution in [0.3, 0.4) is 0 Å². The van der Waals surface area contributed by atoms with Crippen molar-refractivity contribution < 1.29 is 9.53 Å². The van der Waals surface area contributed by atoms with E-state index >= 15 is 0 Å². The van der Waals surface area contributed by atoms with Gasteiger partial charge < -0.3 is 15.4 Å². The fourth-order valence-corrected chi connectivity index (χ4v) is 2.82. The standard InChI is InChI=1S/C18H20ClN3O2/c19-17-6-2-1-4-13(17)10-21-15-8-14(9-20-11-15)18(23)22-12-16-5-3-7-24-16/h1-2,4,6,8-9,11,16,21H,3,5,7,10,12H2,(H,22,23). The van der Waals surface area contributed by atoms with Gasteiger partial charge in [0, 0.05) is 37.1 Å². The summed E-state index contributed by atoms with van der Waals surface area (Å²) in [7, 11) is 0. The highest BCUT2D eigenvalue weighted by Crippen LogP contribution is 2.17. The quantitative estimate of drug-likeness (QED) is 0.843. The summed E-state index contributed by atoms with van der Waals surface area (Å²) in [5.41, 5.74) is 2.30. The minimum absolute atomic E-state index is 0.128. The van der Waals surface area contributed by atoms with E-state index in [1.165, 1.54) is 0 Å². The van der Waals surface area contributed by atoms with E-state index in [1.807, 2.05) is 24.3 Å². The van der Waals surface area contributed by atoms with E-state index in [9.17, 15) is 4.79 Å². The Morgan fingerprint density at radius 3 is 3.00 bits per heavy atom. The van der Waals surface area contributed by atoms with Crippen LogP contribution in [0.1, 0.15) is 28.8 Å². The van der Waals surface area contributed by atoms with E-state index in [0.29, 0.717) is 23.7 Å². The summed E-state index contributed by atoms with van der Waals surface area (Å²) in [6.07, 6.45) is 5.43. The average Bonchev–Trinajstić information content (AvgIpc) is 3.13. The number of aromatic nitrogens is 1. The first-order chi connectivity index (χ1) is 11.7. The predicted octanol–water partition coefficient (Wildman–Crippen LogP) is 3.26. The summed E-state index contributed by atoms with van der Waals surface area (Å²) in [5.74, 6) is -0.139. The largest absolute Gasteiger partial charge is 0.380 e. The molecule has 0 aliphatic carbocycles. The molecule has 126 valence electrons. The van der Waals surface area contributed by atoms with Gasteiger partial charge in [0.25, 0.3) is 5.91 Å². The molecule has 2 aromatic rings. The second-order valence-electron chi connectivity index (χ2n) is 5.75. The Hall–Kier alpha value is -2.11. The van der Waals surface area contributed by atoms with Gasteiger partial charge in [-0.05, 0) is 30.5 Å². The molecule has 1 saturated heterocycles. The zero-order valence-electron chi connectivity index (χ0n) is 13.3.